The third-order valence-electron chi connectivity index (χ3n) is 2.57. The number of nitrogens with zero attached hydrogens (tertiary/aromatic N) is 2. The van der Waals surface area contributed by atoms with Crippen molar-refractivity contribution in [2.24, 2.45) is 5.73 Å². The number of nitrogens with two attached hydrogens (primary N) is 1. The number of primary amides is 1. The largest absolute Gasteiger partial charge is 0.368 e. The molecule has 2 aromatic heterocycles. The van der Waals surface area contributed by atoms with Crippen LogP contribution in [0, 0.1) is 6.92 Å². The Morgan fingerprint density at radius 3 is 2.85 bits per heavy atom. The van der Waals surface area contributed by atoms with Crippen LogP contribution in [0.3, 0.4) is 0 Å². The number of aryl methyl sites for hydroxylation is 1. The van der Waals surface area contributed by atoms with Crippen LogP contribution in [0.15, 0.2) is 6.07 Å². The first-order valence-corrected chi connectivity index (χ1v) is 7.21. The van der Waals surface area contributed by atoms with E-state index in [1.807, 2.05) is 13.8 Å². The van der Waals surface area contributed by atoms with Gasteiger partial charge in [0.05, 0.1) is 5.39 Å². The number of nitrogens with one attached hydrogen (secondary N) is 3. The van der Waals surface area contributed by atoms with Gasteiger partial charge in [0.25, 0.3) is 0 Å². The number of aromatic nitrogens is 2. The Hall–Kier alpha value is -2.09. The Bertz CT molecular complexity index is 611. The number of amides is 2. The molecule has 2 amide bonds. The van der Waals surface area contributed by atoms with E-state index in [0.717, 1.165) is 22.6 Å². The molecule has 0 bridgehead atoms. The topological polar surface area (TPSA) is 105 Å². The molecule has 0 aliphatic carbocycles. The van der Waals surface area contributed by atoms with Gasteiger partial charge in [-0.2, -0.15) is 4.98 Å². The molecule has 0 aliphatic heterocycles. The third-order valence-corrected chi connectivity index (χ3v) is 3.51. The molecule has 2 heterocycles. The summed E-state index contributed by atoms with van der Waals surface area (Å²) in [5, 5.41) is 9.84. The van der Waals surface area contributed by atoms with Gasteiger partial charge in [-0.15, -0.1) is 11.3 Å². The smallest absolute Gasteiger partial charge is 0.312 e. The highest BCUT2D eigenvalue weighted by Gasteiger charge is 2.09. The van der Waals surface area contributed by atoms with Crippen molar-refractivity contribution in [2.45, 2.75) is 13.8 Å². The molecule has 2 rings (SSSR count). The van der Waals surface area contributed by atoms with E-state index in [0.29, 0.717) is 19.0 Å². The highest BCUT2D eigenvalue weighted by Crippen LogP contribution is 2.29. The number of thiophene rings is 1. The van der Waals surface area contributed by atoms with Crippen LogP contribution in [0.4, 0.5) is 16.6 Å². The number of fused-ring (bicyclic) bond motifs is 1. The van der Waals surface area contributed by atoms with E-state index in [-0.39, 0.29) is 0 Å². The fraction of sp³-hybridized carbons (Fsp3) is 0.417. The minimum Gasteiger partial charge on any atom is -0.368 e. The quantitative estimate of drug-likeness (QED) is 0.604. The molecule has 0 aromatic carbocycles. The third kappa shape index (κ3) is 3.47. The molecule has 0 spiro atoms. The molecule has 0 saturated heterocycles. The highest BCUT2D eigenvalue weighted by molar-refractivity contribution is 7.18. The maximum Gasteiger partial charge on any atom is 0.312 e. The monoisotopic (exact) mass is 294 g/mol. The average molecular weight is 294 g/mol. The average Bonchev–Trinajstić information content (AvgIpc) is 2.75. The molecule has 0 fully saturated rings. The van der Waals surface area contributed by atoms with Gasteiger partial charge in [-0.05, 0) is 19.9 Å². The molecule has 0 atom stereocenters. The van der Waals surface area contributed by atoms with E-state index in [1.54, 1.807) is 11.3 Å². The van der Waals surface area contributed by atoms with Crippen LogP contribution >= 0.6 is 11.3 Å². The zero-order valence-corrected chi connectivity index (χ0v) is 12.3. The summed E-state index contributed by atoms with van der Waals surface area (Å²) >= 11 is 1.63. The lowest BCUT2D eigenvalue weighted by Crippen LogP contribution is -2.33. The van der Waals surface area contributed by atoms with Crippen molar-refractivity contribution in [3.8, 4) is 0 Å². The maximum atomic E-state index is 10.6. The predicted molar refractivity (Wildman–Crippen MR) is 82.4 cm³/mol. The number of carbonyl (C=O) groups excluding carboxylic acids is 1. The number of carbonyl (C=O) groups is 1. The standard InChI is InChI=1S/C12H18N6OS/c1-3-14-12-17-9(15-4-5-16-11(13)19)8-6-7(2)20-10(8)18-12/h6H,3-5H2,1-2H3,(H3,13,16,19)(H2,14,15,17,18). The van der Waals surface area contributed by atoms with Gasteiger partial charge < -0.3 is 21.7 Å². The molecule has 0 saturated carbocycles. The number of hydrogen-bond acceptors (Lipinski definition) is 6. The van der Waals surface area contributed by atoms with E-state index in [9.17, 15) is 4.79 Å². The number of rotatable bonds is 6. The van der Waals surface area contributed by atoms with Crippen LogP contribution in [0.25, 0.3) is 10.2 Å². The Labute approximate surface area is 121 Å². The van der Waals surface area contributed by atoms with E-state index < -0.39 is 6.03 Å². The first-order valence-electron chi connectivity index (χ1n) is 6.39. The molecule has 0 unspecified atom stereocenters. The summed E-state index contributed by atoms with van der Waals surface area (Å²) in [6.45, 7) is 5.79. The van der Waals surface area contributed by atoms with Crippen LogP contribution in [-0.2, 0) is 0 Å². The van der Waals surface area contributed by atoms with Gasteiger partial charge in [0.1, 0.15) is 10.6 Å². The second-order valence-electron chi connectivity index (χ2n) is 4.22. The Kier molecular flexibility index (Phi) is 4.57. The molecule has 8 heteroatoms. The minimum atomic E-state index is -0.528. The van der Waals surface area contributed by atoms with Crippen molar-refractivity contribution in [3.05, 3.63) is 10.9 Å². The Balaban J connectivity index is 2.18. The van der Waals surface area contributed by atoms with Gasteiger partial charge in [0.2, 0.25) is 5.95 Å². The van der Waals surface area contributed by atoms with Gasteiger partial charge in [0, 0.05) is 24.5 Å². The van der Waals surface area contributed by atoms with Crippen LogP contribution in [-0.4, -0.2) is 35.6 Å². The lowest BCUT2D eigenvalue weighted by molar-refractivity contribution is 0.249. The molecule has 7 nitrogen and oxygen atoms in total. The summed E-state index contributed by atoms with van der Waals surface area (Å²) < 4.78 is 0. The second-order valence-corrected chi connectivity index (χ2v) is 5.45. The zero-order chi connectivity index (χ0) is 14.5. The summed E-state index contributed by atoms with van der Waals surface area (Å²) in [6, 6.07) is 1.53. The first kappa shape index (κ1) is 14.3. The summed E-state index contributed by atoms with van der Waals surface area (Å²) in [7, 11) is 0. The SMILES string of the molecule is CCNc1nc(NCCNC(N)=O)c2cc(C)sc2n1. The molecular weight excluding hydrogens is 276 g/mol. The first-order chi connectivity index (χ1) is 9.60. The van der Waals surface area contributed by atoms with Gasteiger partial charge in [-0.25, -0.2) is 9.78 Å². The lowest BCUT2D eigenvalue weighted by atomic mass is 10.3. The molecule has 20 heavy (non-hydrogen) atoms. The van der Waals surface area contributed by atoms with Gasteiger partial charge >= 0.3 is 6.03 Å². The van der Waals surface area contributed by atoms with E-state index in [4.69, 9.17) is 5.73 Å². The van der Waals surface area contributed by atoms with Crippen molar-refractivity contribution in [2.75, 3.05) is 30.3 Å². The molecule has 0 aliphatic rings. The fourth-order valence-electron chi connectivity index (χ4n) is 1.78. The summed E-state index contributed by atoms with van der Waals surface area (Å²) in [6.07, 6.45) is 0. The summed E-state index contributed by atoms with van der Waals surface area (Å²) in [5.74, 6) is 1.37. The summed E-state index contributed by atoms with van der Waals surface area (Å²) in [4.78, 5) is 21.7. The number of anilines is 2. The highest BCUT2D eigenvalue weighted by atomic mass is 32.1. The van der Waals surface area contributed by atoms with Crippen molar-refractivity contribution in [1.29, 1.82) is 0 Å². The van der Waals surface area contributed by atoms with Crippen LogP contribution in [0.5, 0.6) is 0 Å². The van der Waals surface area contributed by atoms with E-state index >= 15 is 0 Å². The van der Waals surface area contributed by atoms with Crippen molar-refractivity contribution in [3.63, 3.8) is 0 Å². The molecule has 5 N–H and O–H groups in total. The Morgan fingerprint density at radius 1 is 1.35 bits per heavy atom. The number of hydrogen-bond donors (Lipinski definition) is 4. The molecule has 108 valence electrons. The fourth-order valence-corrected chi connectivity index (χ4v) is 2.66. The van der Waals surface area contributed by atoms with Crippen molar-refractivity contribution < 1.29 is 4.79 Å². The molecule has 0 radical (unpaired) electrons. The predicted octanol–water partition coefficient (Wildman–Crippen LogP) is 1.51. The molecular formula is C12H18N6OS. The molecule has 2 aromatic rings. The van der Waals surface area contributed by atoms with Gasteiger partial charge in [-0.3, -0.25) is 0 Å². The zero-order valence-electron chi connectivity index (χ0n) is 11.5. The minimum absolute atomic E-state index is 0.445. The van der Waals surface area contributed by atoms with Crippen molar-refractivity contribution >= 4 is 39.4 Å². The lowest BCUT2D eigenvalue weighted by Gasteiger charge is -2.09. The normalized spacial score (nSPS) is 10.5. The van der Waals surface area contributed by atoms with Crippen LogP contribution < -0.4 is 21.7 Å². The van der Waals surface area contributed by atoms with Crippen molar-refractivity contribution in [1.82, 2.24) is 15.3 Å². The van der Waals surface area contributed by atoms with Gasteiger partial charge in [0.15, 0.2) is 0 Å². The van der Waals surface area contributed by atoms with Crippen LogP contribution in [0.1, 0.15) is 11.8 Å². The van der Waals surface area contributed by atoms with E-state index in [2.05, 4.69) is 32.0 Å². The second kappa shape index (κ2) is 6.38. The van der Waals surface area contributed by atoms with Gasteiger partial charge in [-0.1, -0.05) is 0 Å². The maximum absolute atomic E-state index is 10.6. The van der Waals surface area contributed by atoms with Crippen LogP contribution in [0.2, 0.25) is 0 Å². The number of urea groups is 1. The van der Waals surface area contributed by atoms with E-state index in [1.165, 1.54) is 4.88 Å². The Morgan fingerprint density at radius 2 is 2.15 bits per heavy atom. The summed E-state index contributed by atoms with van der Waals surface area (Å²) in [5.41, 5.74) is 5.02.